The molecule has 0 radical (unpaired) electrons. The summed E-state index contributed by atoms with van der Waals surface area (Å²) in [7, 11) is 0. The fraction of sp³-hybridized carbons (Fsp3) is 0.214. The molecule has 13 heteroatoms. The van der Waals surface area contributed by atoms with Gasteiger partial charge in [0, 0.05) is 5.56 Å². The van der Waals surface area contributed by atoms with Gasteiger partial charge in [-0.25, -0.2) is 23.5 Å². The Balaban J connectivity index is 2.21. The van der Waals surface area contributed by atoms with E-state index in [1.54, 1.807) is 0 Å². The number of nitrogens with one attached hydrogen (secondary N) is 1. The fourth-order valence-electron chi connectivity index (χ4n) is 2.31. The first kappa shape index (κ1) is 18.7. The molecule has 0 aliphatic rings. The van der Waals surface area contributed by atoms with Gasteiger partial charge in [-0.15, -0.1) is 0 Å². The van der Waals surface area contributed by atoms with E-state index in [9.17, 15) is 35.5 Å². The Morgan fingerprint density at radius 1 is 1.15 bits per heavy atom. The molecule has 2 aromatic heterocycles. The summed E-state index contributed by atoms with van der Waals surface area (Å²) in [6, 6.07) is 1.41. The Bertz CT molecular complexity index is 1040. The summed E-state index contributed by atoms with van der Waals surface area (Å²) in [4.78, 5) is 19.9. The SMILES string of the molecule is O=c1[nH]c2c(C(F)(F)F)ccc(-c3cnc(OC(F)F)c(C(F)F)n3)c2o1. The minimum absolute atomic E-state index is 0.283. The maximum atomic E-state index is 13.1. The number of hydrogen-bond donors (Lipinski definition) is 1. The molecular weight excluding hydrogens is 391 g/mol. The molecule has 0 bridgehead atoms. The maximum absolute atomic E-state index is 13.1. The zero-order valence-corrected chi connectivity index (χ0v) is 12.7. The minimum Gasteiger partial charge on any atom is -0.415 e. The van der Waals surface area contributed by atoms with Gasteiger partial charge in [-0.3, -0.25) is 4.98 Å². The first-order valence-corrected chi connectivity index (χ1v) is 6.91. The smallest absolute Gasteiger partial charge is 0.415 e. The average Bonchev–Trinajstić information content (AvgIpc) is 2.93. The lowest BCUT2D eigenvalue weighted by atomic mass is 10.1. The second kappa shape index (κ2) is 6.55. The summed E-state index contributed by atoms with van der Waals surface area (Å²) in [6.07, 6.45) is -7.48. The van der Waals surface area contributed by atoms with Gasteiger partial charge in [-0.05, 0) is 12.1 Å². The van der Waals surface area contributed by atoms with Crippen LogP contribution in [0, 0.1) is 0 Å². The Morgan fingerprint density at radius 2 is 1.85 bits per heavy atom. The molecule has 2 heterocycles. The fourth-order valence-corrected chi connectivity index (χ4v) is 2.31. The van der Waals surface area contributed by atoms with Crippen molar-refractivity contribution < 1.29 is 39.9 Å². The van der Waals surface area contributed by atoms with E-state index in [1.165, 1.54) is 0 Å². The van der Waals surface area contributed by atoms with Crippen LogP contribution >= 0.6 is 0 Å². The molecule has 144 valence electrons. The molecule has 0 aliphatic carbocycles. The topological polar surface area (TPSA) is 81.0 Å². The van der Waals surface area contributed by atoms with Crippen LogP contribution in [0.15, 0.2) is 27.5 Å². The van der Waals surface area contributed by atoms with Crippen LogP contribution in [0.3, 0.4) is 0 Å². The van der Waals surface area contributed by atoms with Gasteiger partial charge in [0.25, 0.3) is 6.43 Å². The van der Waals surface area contributed by atoms with Crippen molar-refractivity contribution in [2.24, 2.45) is 0 Å². The molecule has 6 nitrogen and oxygen atoms in total. The molecule has 0 unspecified atom stereocenters. The number of aromatic nitrogens is 3. The predicted octanol–water partition coefficient (Wildman–Crippen LogP) is 4.14. The van der Waals surface area contributed by atoms with Gasteiger partial charge >= 0.3 is 18.5 Å². The number of halogens is 7. The van der Waals surface area contributed by atoms with Crippen molar-refractivity contribution in [2.75, 3.05) is 0 Å². The van der Waals surface area contributed by atoms with Crippen LogP contribution in [0.5, 0.6) is 5.88 Å². The highest BCUT2D eigenvalue weighted by Gasteiger charge is 2.35. The normalized spacial score (nSPS) is 12.3. The Hall–Kier alpha value is -3.12. The number of fused-ring (bicyclic) bond motifs is 1. The Labute approximate surface area is 143 Å². The van der Waals surface area contributed by atoms with Gasteiger partial charge in [-0.2, -0.15) is 22.0 Å². The van der Waals surface area contributed by atoms with E-state index in [4.69, 9.17) is 0 Å². The second-order valence-electron chi connectivity index (χ2n) is 5.00. The summed E-state index contributed by atoms with van der Waals surface area (Å²) >= 11 is 0. The molecule has 0 saturated carbocycles. The quantitative estimate of drug-likeness (QED) is 0.670. The summed E-state index contributed by atoms with van der Waals surface area (Å²) < 4.78 is 98.2. The van der Waals surface area contributed by atoms with Crippen LogP contribution in [0.25, 0.3) is 22.4 Å². The monoisotopic (exact) mass is 397 g/mol. The molecule has 0 spiro atoms. The van der Waals surface area contributed by atoms with Crippen LogP contribution in [-0.4, -0.2) is 21.6 Å². The van der Waals surface area contributed by atoms with Gasteiger partial charge in [0.2, 0.25) is 5.88 Å². The highest BCUT2D eigenvalue weighted by Crippen LogP contribution is 2.38. The third kappa shape index (κ3) is 3.57. The molecule has 0 saturated heterocycles. The first-order valence-electron chi connectivity index (χ1n) is 6.91. The van der Waals surface area contributed by atoms with E-state index >= 15 is 0 Å². The van der Waals surface area contributed by atoms with Crippen LogP contribution in [0.1, 0.15) is 17.7 Å². The van der Waals surface area contributed by atoms with Gasteiger partial charge < -0.3 is 9.15 Å². The number of rotatable bonds is 4. The van der Waals surface area contributed by atoms with E-state index < -0.39 is 58.9 Å². The lowest BCUT2D eigenvalue weighted by Gasteiger charge is -2.11. The van der Waals surface area contributed by atoms with Crippen LogP contribution < -0.4 is 10.5 Å². The summed E-state index contributed by atoms with van der Waals surface area (Å²) in [5.41, 5.74) is -4.53. The number of oxazole rings is 1. The van der Waals surface area contributed by atoms with Gasteiger partial charge in [0.15, 0.2) is 11.3 Å². The molecule has 27 heavy (non-hydrogen) atoms. The summed E-state index contributed by atoms with van der Waals surface area (Å²) in [5, 5.41) is 0. The van der Waals surface area contributed by atoms with E-state index in [1.807, 2.05) is 4.98 Å². The largest absolute Gasteiger partial charge is 0.418 e. The van der Waals surface area contributed by atoms with Gasteiger partial charge in [-0.1, -0.05) is 0 Å². The molecule has 1 N–H and O–H groups in total. The van der Waals surface area contributed by atoms with Crippen molar-refractivity contribution in [1.82, 2.24) is 15.0 Å². The molecule has 1 aromatic carbocycles. The summed E-state index contributed by atoms with van der Waals surface area (Å²) in [5.74, 6) is -2.36. The van der Waals surface area contributed by atoms with Gasteiger partial charge in [0.1, 0.15) is 5.52 Å². The third-order valence-electron chi connectivity index (χ3n) is 3.33. The van der Waals surface area contributed by atoms with Crippen LogP contribution in [0.2, 0.25) is 0 Å². The van der Waals surface area contributed by atoms with Crippen molar-refractivity contribution in [3.8, 4) is 17.1 Å². The molecule has 3 aromatic rings. The second-order valence-corrected chi connectivity index (χ2v) is 5.00. The van der Waals surface area contributed by atoms with E-state index in [2.05, 4.69) is 19.1 Å². The Kier molecular flexibility index (Phi) is 4.53. The van der Waals surface area contributed by atoms with Crippen LogP contribution in [0.4, 0.5) is 30.7 Å². The Morgan fingerprint density at radius 3 is 2.44 bits per heavy atom. The number of nitrogens with zero attached hydrogens (tertiary/aromatic N) is 2. The minimum atomic E-state index is -4.83. The zero-order chi connectivity index (χ0) is 19.9. The number of ether oxygens (including phenoxy) is 1. The van der Waals surface area contributed by atoms with E-state index in [-0.39, 0.29) is 5.56 Å². The third-order valence-corrected chi connectivity index (χ3v) is 3.33. The highest BCUT2D eigenvalue weighted by atomic mass is 19.4. The van der Waals surface area contributed by atoms with Crippen molar-refractivity contribution in [3.63, 3.8) is 0 Å². The van der Waals surface area contributed by atoms with Crippen molar-refractivity contribution in [2.45, 2.75) is 19.2 Å². The molecule has 0 atom stereocenters. The number of H-pyrrole nitrogens is 1. The predicted molar refractivity (Wildman–Crippen MR) is 74.5 cm³/mol. The lowest BCUT2D eigenvalue weighted by Crippen LogP contribution is -2.09. The number of aromatic amines is 1. The molecule has 0 aliphatic heterocycles. The van der Waals surface area contributed by atoms with Crippen molar-refractivity contribution >= 4 is 11.1 Å². The van der Waals surface area contributed by atoms with Crippen molar-refractivity contribution in [3.05, 3.63) is 40.1 Å². The van der Waals surface area contributed by atoms with E-state index in [0.29, 0.717) is 6.07 Å². The van der Waals surface area contributed by atoms with E-state index in [0.717, 1.165) is 12.3 Å². The lowest BCUT2D eigenvalue weighted by molar-refractivity contribution is -0.136. The molecule has 0 amide bonds. The summed E-state index contributed by atoms with van der Waals surface area (Å²) in [6.45, 7) is -3.44. The number of benzene rings is 1. The number of alkyl halides is 7. The standard InChI is InChI=1S/C14H6F7N3O3/c15-10(16)8-11(27-12(17)18)22-3-6(23-8)4-1-2-5(14(19,20)21)7-9(4)26-13(25)24-7/h1-3,10,12H,(H,24,25). The zero-order valence-electron chi connectivity index (χ0n) is 12.7. The molecular formula is C14H6F7N3O3. The number of hydrogen-bond acceptors (Lipinski definition) is 5. The molecule has 3 rings (SSSR count). The van der Waals surface area contributed by atoms with Gasteiger partial charge in [0.05, 0.1) is 17.5 Å². The first-order chi connectivity index (χ1) is 12.6. The average molecular weight is 397 g/mol. The van der Waals surface area contributed by atoms with Crippen LogP contribution in [-0.2, 0) is 6.18 Å². The van der Waals surface area contributed by atoms with Crippen molar-refractivity contribution in [1.29, 1.82) is 0 Å². The maximum Gasteiger partial charge on any atom is 0.418 e. The highest BCUT2D eigenvalue weighted by molar-refractivity contribution is 5.91. The molecule has 0 fully saturated rings.